The normalized spacial score (nSPS) is 12.3. The number of sulfonamides is 1. The zero-order valence-electron chi connectivity index (χ0n) is 15.5. The van der Waals surface area contributed by atoms with Gasteiger partial charge < -0.3 is 0 Å². The minimum Gasteiger partial charge on any atom is -0.207 e. The lowest BCUT2D eigenvalue weighted by atomic mass is 9.97. The molecule has 0 saturated heterocycles. The molecule has 0 radical (unpaired) electrons. The molecule has 3 nitrogen and oxygen atoms in total. The van der Waals surface area contributed by atoms with Crippen LogP contribution < -0.4 is 4.72 Å². The van der Waals surface area contributed by atoms with Gasteiger partial charge in [0.1, 0.15) is 6.04 Å². The molecule has 1 N–H and O–H groups in total. The van der Waals surface area contributed by atoms with Crippen LogP contribution in [0.4, 0.5) is 0 Å². The molecule has 0 spiro atoms. The molecule has 0 aromatic heterocycles. The molecule has 0 aliphatic carbocycles. The van der Waals surface area contributed by atoms with Gasteiger partial charge in [-0.15, -0.1) is 0 Å². The fourth-order valence-electron chi connectivity index (χ4n) is 2.00. The molecule has 0 heterocycles. The van der Waals surface area contributed by atoms with Gasteiger partial charge in [-0.05, 0) is 52.0 Å². The van der Waals surface area contributed by atoms with Crippen LogP contribution in [0.3, 0.4) is 0 Å². The van der Waals surface area contributed by atoms with Gasteiger partial charge in [0.2, 0.25) is 10.0 Å². The summed E-state index contributed by atoms with van der Waals surface area (Å²) in [7, 11) is -3.70. The van der Waals surface area contributed by atoms with Crippen molar-refractivity contribution in [2.45, 2.75) is 38.6 Å². The van der Waals surface area contributed by atoms with Crippen LogP contribution in [0.2, 0.25) is 0 Å². The molecule has 0 bridgehead atoms. The van der Waals surface area contributed by atoms with Gasteiger partial charge in [0.25, 0.3) is 0 Å². The van der Waals surface area contributed by atoms with E-state index in [1.165, 1.54) is 0 Å². The van der Waals surface area contributed by atoms with Crippen molar-refractivity contribution in [3.63, 3.8) is 0 Å². The molecule has 1 unspecified atom stereocenters. The Balaban J connectivity index is 2.33. The van der Waals surface area contributed by atoms with Gasteiger partial charge in [-0.2, -0.15) is 4.72 Å². The highest BCUT2D eigenvalue weighted by atomic mass is 32.2. The first kappa shape index (κ1) is 19.8. The van der Waals surface area contributed by atoms with Crippen LogP contribution in [-0.2, 0) is 10.0 Å². The Morgan fingerprint density at radius 2 is 1.54 bits per heavy atom. The minimum atomic E-state index is -3.70. The van der Waals surface area contributed by atoms with Gasteiger partial charge >= 0.3 is 0 Å². The van der Waals surface area contributed by atoms with E-state index >= 15 is 0 Å². The predicted molar refractivity (Wildman–Crippen MR) is 106 cm³/mol. The number of hydrogen-bond acceptors (Lipinski definition) is 2. The third-order valence-corrected chi connectivity index (χ3v) is 4.77. The SMILES string of the molecule is Cc1ccc(S(=O)(=O)NC(C#Cc2ccccc2)C#CC(C)(C)C)cc1. The standard InChI is InChI=1S/C22H23NO2S/c1-18-10-14-21(15-11-18)26(24,25)23-20(16-17-22(2,3)4)13-12-19-8-6-5-7-9-19/h5-11,14-15,20,23H,1-4H3. The number of hydrogen-bond donors (Lipinski definition) is 1. The van der Waals surface area contributed by atoms with E-state index in [0.29, 0.717) is 0 Å². The van der Waals surface area contributed by atoms with Crippen LogP contribution in [0.5, 0.6) is 0 Å². The molecule has 0 fully saturated rings. The third-order valence-electron chi connectivity index (χ3n) is 3.33. The van der Waals surface area contributed by atoms with Crippen molar-refractivity contribution >= 4 is 10.0 Å². The van der Waals surface area contributed by atoms with Crippen LogP contribution >= 0.6 is 0 Å². The lowest BCUT2D eigenvalue weighted by Gasteiger charge is -2.11. The Labute approximate surface area is 156 Å². The molecule has 0 amide bonds. The molecule has 2 rings (SSSR count). The summed E-state index contributed by atoms with van der Waals surface area (Å²) in [6.45, 7) is 7.81. The number of aryl methyl sites for hydroxylation is 1. The predicted octanol–water partition coefficient (Wildman–Crippen LogP) is 3.74. The Hall–Kier alpha value is -2.53. The molecule has 4 heteroatoms. The molecule has 2 aromatic rings. The third kappa shape index (κ3) is 6.41. The Bertz CT molecular complexity index is 962. The first-order chi connectivity index (χ1) is 12.2. The van der Waals surface area contributed by atoms with Crippen molar-refractivity contribution in [2.75, 3.05) is 0 Å². The summed E-state index contributed by atoms with van der Waals surface area (Å²) in [6.07, 6.45) is 0. The molecular formula is C22H23NO2S. The van der Waals surface area contributed by atoms with Crippen molar-refractivity contribution in [3.05, 3.63) is 65.7 Å². The second kappa shape index (κ2) is 8.23. The monoisotopic (exact) mass is 365 g/mol. The van der Waals surface area contributed by atoms with Crippen LogP contribution in [0, 0.1) is 36.0 Å². The number of nitrogens with one attached hydrogen (secondary N) is 1. The number of rotatable bonds is 3. The smallest absolute Gasteiger partial charge is 0.207 e. The van der Waals surface area contributed by atoms with Crippen molar-refractivity contribution in [1.29, 1.82) is 0 Å². The fourth-order valence-corrected chi connectivity index (χ4v) is 3.06. The fraction of sp³-hybridized carbons (Fsp3) is 0.273. The Morgan fingerprint density at radius 3 is 2.12 bits per heavy atom. The van der Waals surface area contributed by atoms with Crippen LogP contribution in [-0.4, -0.2) is 14.5 Å². The van der Waals surface area contributed by atoms with E-state index in [1.54, 1.807) is 24.3 Å². The van der Waals surface area contributed by atoms with Crippen molar-refractivity contribution in [2.24, 2.45) is 5.41 Å². The van der Waals surface area contributed by atoms with Crippen molar-refractivity contribution in [1.82, 2.24) is 4.72 Å². The van der Waals surface area contributed by atoms with E-state index in [9.17, 15) is 8.42 Å². The summed E-state index contributed by atoms with van der Waals surface area (Å²) in [5.41, 5.74) is 1.56. The lowest BCUT2D eigenvalue weighted by molar-refractivity contribution is 0.567. The second-order valence-corrected chi connectivity index (χ2v) is 8.74. The summed E-state index contributed by atoms with van der Waals surface area (Å²) in [6, 6.07) is 15.3. The minimum absolute atomic E-state index is 0.201. The zero-order valence-corrected chi connectivity index (χ0v) is 16.3. The zero-order chi connectivity index (χ0) is 19.2. The quantitative estimate of drug-likeness (QED) is 0.842. The first-order valence-electron chi connectivity index (χ1n) is 8.34. The highest BCUT2D eigenvalue weighted by Gasteiger charge is 2.18. The van der Waals surface area contributed by atoms with E-state index in [-0.39, 0.29) is 10.3 Å². The number of benzene rings is 2. The average Bonchev–Trinajstić information content (AvgIpc) is 2.58. The molecule has 0 aliphatic heterocycles. The molecule has 134 valence electrons. The average molecular weight is 365 g/mol. The molecule has 26 heavy (non-hydrogen) atoms. The van der Waals surface area contributed by atoms with E-state index in [0.717, 1.165) is 11.1 Å². The highest BCUT2D eigenvalue weighted by molar-refractivity contribution is 7.89. The van der Waals surface area contributed by atoms with Gasteiger partial charge in [-0.25, -0.2) is 8.42 Å². The summed E-state index contributed by atoms with van der Waals surface area (Å²) in [4.78, 5) is 0.201. The van der Waals surface area contributed by atoms with Gasteiger partial charge in [-0.1, -0.05) is 59.6 Å². The molecule has 0 saturated carbocycles. The molecule has 2 aromatic carbocycles. The molecule has 1 atom stereocenters. The van der Waals surface area contributed by atoms with Gasteiger partial charge in [0.05, 0.1) is 4.90 Å². The first-order valence-corrected chi connectivity index (χ1v) is 9.82. The Morgan fingerprint density at radius 1 is 0.923 bits per heavy atom. The van der Waals surface area contributed by atoms with Crippen LogP contribution in [0.25, 0.3) is 0 Å². The maximum absolute atomic E-state index is 12.6. The lowest BCUT2D eigenvalue weighted by Crippen LogP contribution is -2.33. The van der Waals surface area contributed by atoms with Crippen molar-refractivity contribution in [3.8, 4) is 23.7 Å². The van der Waals surface area contributed by atoms with Gasteiger partial charge in [0, 0.05) is 11.0 Å². The van der Waals surface area contributed by atoms with E-state index in [1.807, 2.05) is 58.0 Å². The van der Waals surface area contributed by atoms with E-state index < -0.39 is 16.1 Å². The largest absolute Gasteiger partial charge is 0.242 e. The second-order valence-electron chi connectivity index (χ2n) is 7.02. The maximum Gasteiger partial charge on any atom is 0.242 e. The van der Waals surface area contributed by atoms with Gasteiger partial charge in [-0.3, -0.25) is 0 Å². The summed E-state index contributed by atoms with van der Waals surface area (Å²) in [5, 5.41) is 0. The maximum atomic E-state index is 12.6. The summed E-state index contributed by atoms with van der Waals surface area (Å²) in [5.74, 6) is 11.9. The van der Waals surface area contributed by atoms with Crippen molar-refractivity contribution < 1.29 is 8.42 Å². The van der Waals surface area contributed by atoms with Gasteiger partial charge in [0.15, 0.2) is 0 Å². The topological polar surface area (TPSA) is 46.2 Å². The molecular weight excluding hydrogens is 342 g/mol. The van der Waals surface area contributed by atoms with E-state index in [4.69, 9.17) is 0 Å². The summed E-state index contributed by atoms with van der Waals surface area (Å²) >= 11 is 0. The van der Waals surface area contributed by atoms with E-state index in [2.05, 4.69) is 28.4 Å². The van der Waals surface area contributed by atoms with Crippen LogP contribution in [0.15, 0.2) is 59.5 Å². The van der Waals surface area contributed by atoms with Crippen LogP contribution in [0.1, 0.15) is 31.9 Å². The molecule has 0 aliphatic rings. The Kier molecular flexibility index (Phi) is 6.27. The summed E-state index contributed by atoms with van der Waals surface area (Å²) < 4.78 is 27.9. The highest BCUT2D eigenvalue weighted by Crippen LogP contribution is 2.12.